The van der Waals surface area contributed by atoms with E-state index in [4.69, 9.17) is 4.74 Å². The number of amides is 2. The summed E-state index contributed by atoms with van der Waals surface area (Å²) in [6.07, 6.45) is 0. The Labute approximate surface area is 162 Å². The Morgan fingerprint density at radius 3 is 2.42 bits per heavy atom. The maximum atomic E-state index is 12.3. The summed E-state index contributed by atoms with van der Waals surface area (Å²) in [6, 6.07) is 10.9. The molecule has 2 amide bonds. The van der Waals surface area contributed by atoms with Crippen molar-refractivity contribution in [2.45, 2.75) is 6.61 Å². The van der Waals surface area contributed by atoms with E-state index in [9.17, 15) is 18.4 Å². The van der Waals surface area contributed by atoms with Crippen LogP contribution in [0.3, 0.4) is 0 Å². The third-order valence-electron chi connectivity index (χ3n) is 3.18. The molecule has 0 unspecified atom stereocenters. The van der Waals surface area contributed by atoms with E-state index in [1.165, 1.54) is 25.3 Å². The van der Waals surface area contributed by atoms with Crippen LogP contribution < -0.4 is 20.1 Å². The number of carbonyl (C=O) groups excluding carboxylic acids is 2. The molecule has 0 saturated heterocycles. The van der Waals surface area contributed by atoms with Crippen LogP contribution in [-0.4, -0.2) is 32.1 Å². The van der Waals surface area contributed by atoms with Crippen LogP contribution in [0.2, 0.25) is 0 Å². The molecule has 138 valence electrons. The van der Waals surface area contributed by atoms with Crippen LogP contribution in [0.5, 0.6) is 11.5 Å². The van der Waals surface area contributed by atoms with Crippen molar-refractivity contribution in [1.29, 1.82) is 0 Å². The molecule has 0 bridgehead atoms. The number of benzene rings is 2. The van der Waals surface area contributed by atoms with Crippen LogP contribution >= 0.6 is 22.6 Å². The fourth-order valence-electron chi connectivity index (χ4n) is 2.00. The van der Waals surface area contributed by atoms with Gasteiger partial charge in [0.15, 0.2) is 11.5 Å². The quantitative estimate of drug-likeness (QED) is 0.602. The fraction of sp³-hybridized carbons (Fsp3) is 0.176. The summed E-state index contributed by atoms with van der Waals surface area (Å²) in [5.74, 6) is -1.15. The molecule has 0 aliphatic carbocycles. The van der Waals surface area contributed by atoms with Gasteiger partial charge in [-0.3, -0.25) is 9.59 Å². The zero-order chi connectivity index (χ0) is 19.1. The molecule has 0 fully saturated rings. The van der Waals surface area contributed by atoms with Gasteiger partial charge < -0.3 is 20.1 Å². The Bertz CT molecular complexity index is 785. The van der Waals surface area contributed by atoms with E-state index in [2.05, 4.69) is 38.0 Å². The van der Waals surface area contributed by atoms with Crippen molar-refractivity contribution in [2.75, 3.05) is 19.0 Å². The summed E-state index contributed by atoms with van der Waals surface area (Å²) < 4.78 is 34.9. The van der Waals surface area contributed by atoms with Gasteiger partial charge in [0.25, 0.3) is 5.91 Å². The number of halogens is 3. The summed E-state index contributed by atoms with van der Waals surface area (Å²) in [5.41, 5.74) is 0.755. The lowest BCUT2D eigenvalue weighted by atomic mass is 10.2. The summed E-state index contributed by atoms with van der Waals surface area (Å²) in [7, 11) is 1.27. The minimum absolute atomic E-state index is 0.0127. The SMILES string of the molecule is COc1cc(C(=O)NCC(=O)Nc2ccc(I)cc2)ccc1OC(F)F. The molecular formula is C17H15F2IN2O4. The standard InChI is InChI=1S/C17H15F2IN2O4/c1-25-14-8-10(2-7-13(14)26-17(18)19)16(24)21-9-15(23)22-12-5-3-11(20)4-6-12/h2-8,17H,9H2,1H3,(H,21,24)(H,22,23). The van der Waals surface area contributed by atoms with E-state index < -0.39 is 18.4 Å². The number of nitrogens with one attached hydrogen (secondary N) is 2. The third kappa shape index (κ3) is 5.83. The smallest absolute Gasteiger partial charge is 0.387 e. The van der Waals surface area contributed by atoms with E-state index in [1.807, 2.05) is 12.1 Å². The number of rotatable bonds is 7. The number of methoxy groups -OCH3 is 1. The van der Waals surface area contributed by atoms with E-state index in [-0.39, 0.29) is 23.6 Å². The molecule has 0 atom stereocenters. The Morgan fingerprint density at radius 1 is 1.12 bits per heavy atom. The Hall–Kier alpha value is -2.43. The van der Waals surface area contributed by atoms with Crippen LogP contribution in [-0.2, 0) is 4.79 Å². The van der Waals surface area contributed by atoms with Gasteiger partial charge in [-0.25, -0.2) is 0 Å². The van der Waals surface area contributed by atoms with Gasteiger partial charge in [0.05, 0.1) is 13.7 Å². The lowest BCUT2D eigenvalue weighted by Gasteiger charge is -2.11. The normalized spacial score (nSPS) is 10.3. The Kier molecular flexibility index (Phi) is 7.13. The predicted octanol–water partition coefficient (Wildman–Crippen LogP) is 3.27. The molecule has 9 heteroatoms. The van der Waals surface area contributed by atoms with Gasteiger partial charge in [0.1, 0.15) is 0 Å². The zero-order valence-corrected chi connectivity index (χ0v) is 15.8. The summed E-state index contributed by atoms with van der Waals surface area (Å²) in [6.45, 7) is -3.25. The van der Waals surface area contributed by atoms with Crippen molar-refractivity contribution in [3.8, 4) is 11.5 Å². The number of alkyl halides is 2. The second kappa shape index (κ2) is 9.32. The first-order chi connectivity index (χ1) is 12.4. The van der Waals surface area contributed by atoms with Gasteiger partial charge in [0, 0.05) is 14.8 Å². The average molecular weight is 476 g/mol. The maximum absolute atomic E-state index is 12.3. The van der Waals surface area contributed by atoms with Crippen LogP contribution in [0.25, 0.3) is 0 Å². The molecule has 0 spiro atoms. The van der Waals surface area contributed by atoms with Gasteiger partial charge in [-0.2, -0.15) is 8.78 Å². The first-order valence-electron chi connectivity index (χ1n) is 7.35. The lowest BCUT2D eigenvalue weighted by molar-refractivity contribution is -0.115. The summed E-state index contributed by atoms with van der Waals surface area (Å²) in [4.78, 5) is 24.0. The zero-order valence-electron chi connectivity index (χ0n) is 13.6. The highest BCUT2D eigenvalue weighted by Crippen LogP contribution is 2.29. The van der Waals surface area contributed by atoms with Crippen molar-refractivity contribution in [3.05, 3.63) is 51.6 Å². The number of hydrogen-bond acceptors (Lipinski definition) is 4. The number of ether oxygens (including phenoxy) is 2. The second-order valence-electron chi connectivity index (χ2n) is 4.98. The number of anilines is 1. The minimum Gasteiger partial charge on any atom is -0.493 e. The van der Waals surface area contributed by atoms with E-state index in [0.29, 0.717) is 5.69 Å². The van der Waals surface area contributed by atoms with Gasteiger partial charge in [0.2, 0.25) is 5.91 Å². The molecule has 6 nitrogen and oxygen atoms in total. The van der Waals surface area contributed by atoms with Crippen LogP contribution in [0.4, 0.5) is 14.5 Å². The van der Waals surface area contributed by atoms with Crippen LogP contribution in [0.15, 0.2) is 42.5 Å². The molecule has 26 heavy (non-hydrogen) atoms. The molecule has 2 aromatic rings. The molecule has 0 aliphatic heterocycles. The Morgan fingerprint density at radius 2 is 1.81 bits per heavy atom. The fourth-order valence-corrected chi connectivity index (χ4v) is 2.36. The molecule has 2 N–H and O–H groups in total. The molecule has 0 radical (unpaired) electrons. The maximum Gasteiger partial charge on any atom is 0.387 e. The van der Waals surface area contributed by atoms with Crippen LogP contribution in [0, 0.1) is 3.57 Å². The highest BCUT2D eigenvalue weighted by molar-refractivity contribution is 14.1. The average Bonchev–Trinajstić information content (AvgIpc) is 2.61. The predicted molar refractivity (Wildman–Crippen MR) is 99.7 cm³/mol. The van der Waals surface area contributed by atoms with Gasteiger partial charge in [-0.15, -0.1) is 0 Å². The van der Waals surface area contributed by atoms with Gasteiger partial charge in [-0.05, 0) is 65.1 Å². The monoisotopic (exact) mass is 476 g/mol. The molecule has 0 aromatic heterocycles. The summed E-state index contributed by atoms with van der Waals surface area (Å²) >= 11 is 2.15. The largest absolute Gasteiger partial charge is 0.493 e. The Balaban J connectivity index is 1.94. The molecule has 0 aliphatic rings. The highest BCUT2D eigenvalue weighted by atomic mass is 127. The minimum atomic E-state index is -3.01. The number of hydrogen-bond donors (Lipinski definition) is 2. The van der Waals surface area contributed by atoms with Crippen molar-refractivity contribution < 1.29 is 27.8 Å². The van der Waals surface area contributed by atoms with E-state index >= 15 is 0 Å². The molecule has 0 heterocycles. The van der Waals surface area contributed by atoms with Crippen molar-refractivity contribution in [3.63, 3.8) is 0 Å². The van der Waals surface area contributed by atoms with Crippen molar-refractivity contribution in [2.24, 2.45) is 0 Å². The highest BCUT2D eigenvalue weighted by Gasteiger charge is 2.15. The topological polar surface area (TPSA) is 76.7 Å². The summed E-state index contributed by atoms with van der Waals surface area (Å²) in [5, 5.41) is 5.09. The first kappa shape index (κ1) is 19.9. The molecule has 2 aromatic carbocycles. The van der Waals surface area contributed by atoms with Crippen LogP contribution in [0.1, 0.15) is 10.4 Å². The lowest BCUT2D eigenvalue weighted by Crippen LogP contribution is -2.32. The second-order valence-corrected chi connectivity index (χ2v) is 6.23. The van der Waals surface area contributed by atoms with Gasteiger partial charge >= 0.3 is 6.61 Å². The van der Waals surface area contributed by atoms with Gasteiger partial charge in [-0.1, -0.05) is 0 Å². The first-order valence-corrected chi connectivity index (χ1v) is 8.43. The third-order valence-corrected chi connectivity index (χ3v) is 3.90. The molecular weight excluding hydrogens is 461 g/mol. The molecule has 2 rings (SSSR count). The van der Waals surface area contributed by atoms with E-state index in [0.717, 1.165) is 3.57 Å². The van der Waals surface area contributed by atoms with Crippen molar-refractivity contribution >= 4 is 40.1 Å². The van der Waals surface area contributed by atoms with Crippen molar-refractivity contribution in [1.82, 2.24) is 5.32 Å². The van der Waals surface area contributed by atoms with E-state index in [1.54, 1.807) is 12.1 Å². The molecule has 0 saturated carbocycles. The number of carbonyl (C=O) groups is 2.